The average molecular weight is 749 g/mol. The first kappa shape index (κ1) is 40.0. The highest BCUT2D eigenvalue weighted by Gasteiger charge is 2.68. The third-order valence-corrected chi connectivity index (χ3v) is 11.9. The average Bonchev–Trinajstić information content (AvgIpc) is 3.31. The molecule has 0 unspecified atom stereocenters. The van der Waals surface area contributed by atoms with E-state index >= 15 is 0 Å². The van der Waals surface area contributed by atoms with Gasteiger partial charge in [-0.1, -0.05) is 20.8 Å². The molecule has 0 bridgehead atoms. The van der Waals surface area contributed by atoms with Crippen molar-refractivity contribution in [3.8, 4) is 0 Å². The first-order valence-electron chi connectivity index (χ1n) is 16.0. The summed E-state index contributed by atoms with van der Waals surface area (Å²) >= 11 is 0. The number of rotatable bonds is 7. The normalized spacial score (nSPS) is 35.4. The minimum Gasteiger partial charge on any atom is -0.451 e. The summed E-state index contributed by atoms with van der Waals surface area (Å²) in [5.41, 5.74) is -1.90. The summed E-state index contributed by atoms with van der Waals surface area (Å²) in [6.45, 7) is 4.99. The summed E-state index contributed by atoms with van der Waals surface area (Å²) in [5, 5.41) is 0. The molecule has 0 N–H and O–H groups in total. The number of ether oxygens (including phenoxy) is 3. The molecule has 0 aliphatic heterocycles. The van der Waals surface area contributed by atoms with Crippen molar-refractivity contribution < 1.29 is 86.1 Å². The van der Waals surface area contributed by atoms with Gasteiger partial charge in [0.2, 0.25) is 0 Å². The molecule has 4 fully saturated rings. The van der Waals surface area contributed by atoms with E-state index < -0.39 is 126 Å². The SMILES string of the molecule is C[C@H](CCC(=O)OC(C(F)(F)F)C(F)(F)F)[C@H]1CC[C@H]2[C@@H]3[C@H](OC(=O)C(F)(F)F)[C@H](OC(=O)C(F)(F)F)[C@@H]4CC(=O)CC[C@]4(C)[C@H]3CC[C@]12C. The van der Waals surface area contributed by atoms with Gasteiger partial charge >= 0.3 is 42.6 Å². The zero-order chi connectivity index (χ0) is 38.0. The van der Waals surface area contributed by atoms with Crippen LogP contribution in [0.3, 0.4) is 0 Å². The van der Waals surface area contributed by atoms with Crippen molar-refractivity contribution in [2.45, 2.75) is 122 Å². The van der Waals surface area contributed by atoms with Crippen molar-refractivity contribution in [1.29, 1.82) is 0 Å². The molecule has 50 heavy (non-hydrogen) atoms. The van der Waals surface area contributed by atoms with Crippen LogP contribution in [0.4, 0.5) is 52.7 Å². The second-order valence-corrected chi connectivity index (χ2v) is 14.6. The van der Waals surface area contributed by atoms with Crippen molar-refractivity contribution in [2.24, 2.45) is 46.3 Å². The summed E-state index contributed by atoms with van der Waals surface area (Å²) < 4.78 is 172. The second-order valence-electron chi connectivity index (χ2n) is 14.6. The lowest BCUT2D eigenvalue weighted by Gasteiger charge is -2.63. The first-order chi connectivity index (χ1) is 22.6. The fourth-order valence-electron chi connectivity index (χ4n) is 9.70. The van der Waals surface area contributed by atoms with Crippen LogP contribution < -0.4 is 0 Å². The molecule has 4 saturated carbocycles. The number of carbonyl (C=O) groups is 4. The van der Waals surface area contributed by atoms with Gasteiger partial charge in [0.05, 0.1) is 0 Å². The minimum absolute atomic E-state index is 0.00436. The Morgan fingerprint density at radius 2 is 1.26 bits per heavy atom. The zero-order valence-corrected chi connectivity index (χ0v) is 27.0. The van der Waals surface area contributed by atoms with Gasteiger partial charge in [0.15, 0.2) is 0 Å². The molecule has 4 rings (SSSR count). The van der Waals surface area contributed by atoms with Crippen LogP contribution in [0.1, 0.15) is 78.6 Å². The minimum atomic E-state index is -5.91. The fraction of sp³-hybridized carbons (Fsp3) is 0.871. The Morgan fingerprint density at radius 1 is 0.740 bits per heavy atom. The molecule has 0 aromatic carbocycles. The molecule has 0 radical (unpaired) electrons. The zero-order valence-electron chi connectivity index (χ0n) is 27.0. The standard InChI is InChI=1S/C31H36F12O7/c1-13(4-7-19(45)48-23(28(32,33)34)29(35,36)37)15-5-6-16-20-17(9-11-26(15,16)2)27(3)10-8-14(44)12-18(27)21(49-24(46)30(38,39)40)22(20)50-25(47)31(41,42)43/h13,15-18,20-23H,4-12H2,1-3H3/t13-,15-,16+,17+,18+,20+,21-,22+,26-,27-/m1/s1. The van der Waals surface area contributed by atoms with Gasteiger partial charge in [0, 0.05) is 31.1 Å². The molecule has 7 nitrogen and oxygen atoms in total. The van der Waals surface area contributed by atoms with Gasteiger partial charge in [-0.15, -0.1) is 0 Å². The number of hydrogen-bond donors (Lipinski definition) is 0. The molecular formula is C31H36F12O7. The highest BCUT2D eigenvalue weighted by Crippen LogP contribution is 2.69. The van der Waals surface area contributed by atoms with Crippen molar-refractivity contribution >= 4 is 23.7 Å². The molecule has 286 valence electrons. The van der Waals surface area contributed by atoms with E-state index in [9.17, 15) is 71.9 Å². The number of halogens is 12. The number of esters is 3. The Kier molecular flexibility index (Phi) is 10.7. The molecule has 0 heterocycles. The lowest BCUT2D eigenvalue weighted by Crippen LogP contribution is -2.66. The number of carbonyl (C=O) groups excluding carboxylic acids is 4. The molecule has 0 aromatic rings. The Morgan fingerprint density at radius 3 is 1.78 bits per heavy atom. The van der Waals surface area contributed by atoms with E-state index in [0.717, 1.165) is 0 Å². The van der Waals surface area contributed by atoms with Gasteiger partial charge in [-0.25, -0.2) is 9.59 Å². The summed E-state index contributed by atoms with van der Waals surface area (Å²) in [6, 6.07) is 0. The molecular weight excluding hydrogens is 712 g/mol. The van der Waals surface area contributed by atoms with Crippen LogP contribution in [-0.2, 0) is 33.4 Å². The fourth-order valence-corrected chi connectivity index (χ4v) is 9.70. The molecule has 0 aromatic heterocycles. The van der Waals surface area contributed by atoms with E-state index in [-0.39, 0.29) is 32.1 Å². The van der Waals surface area contributed by atoms with Crippen molar-refractivity contribution in [3.63, 3.8) is 0 Å². The van der Waals surface area contributed by atoms with Crippen LogP contribution in [-0.4, -0.2) is 66.7 Å². The molecule has 19 heteroatoms. The number of alkyl halides is 12. The highest BCUT2D eigenvalue weighted by atomic mass is 19.4. The summed E-state index contributed by atoms with van der Waals surface area (Å²) in [6.07, 6.45) is -31.7. The number of fused-ring (bicyclic) bond motifs is 5. The largest absolute Gasteiger partial charge is 0.490 e. The Bertz CT molecular complexity index is 1310. The maximum atomic E-state index is 13.6. The second kappa shape index (κ2) is 13.3. The lowest BCUT2D eigenvalue weighted by atomic mass is 9.43. The van der Waals surface area contributed by atoms with Crippen LogP contribution in [0.2, 0.25) is 0 Å². The van der Waals surface area contributed by atoms with Crippen molar-refractivity contribution in [2.75, 3.05) is 0 Å². The van der Waals surface area contributed by atoms with E-state index in [4.69, 9.17) is 9.47 Å². The molecule has 0 saturated heterocycles. The van der Waals surface area contributed by atoms with E-state index in [1.165, 1.54) is 0 Å². The number of ketones is 1. The Labute approximate surface area is 278 Å². The predicted octanol–water partition coefficient (Wildman–Crippen LogP) is 7.84. The van der Waals surface area contributed by atoms with Gasteiger partial charge in [-0.05, 0) is 73.0 Å². The molecule has 4 aliphatic carbocycles. The van der Waals surface area contributed by atoms with E-state index in [1.807, 2.05) is 0 Å². The molecule has 0 amide bonds. The number of Topliss-reactive ketones (excluding diaryl/α,β-unsaturated/α-hetero) is 1. The van der Waals surface area contributed by atoms with Crippen LogP contribution in [0.5, 0.6) is 0 Å². The lowest BCUT2D eigenvalue weighted by molar-refractivity contribution is -0.313. The van der Waals surface area contributed by atoms with E-state index in [1.54, 1.807) is 20.8 Å². The quantitative estimate of drug-likeness (QED) is 0.149. The van der Waals surface area contributed by atoms with Crippen LogP contribution in [0, 0.1) is 46.3 Å². The summed E-state index contributed by atoms with van der Waals surface area (Å²) in [5.74, 6) is -12.2. The van der Waals surface area contributed by atoms with Gasteiger partial charge in [-0.2, -0.15) is 52.7 Å². The van der Waals surface area contributed by atoms with Crippen LogP contribution in [0.25, 0.3) is 0 Å². The van der Waals surface area contributed by atoms with Crippen molar-refractivity contribution in [3.05, 3.63) is 0 Å². The monoisotopic (exact) mass is 748 g/mol. The van der Waals surface area contributed by atoms with Gasteiger partial charge in [0.1, 0.15) is 18.0 Å². The summed E-state index contributed by atoms with van der Waals surface area (Å²) in [4.78, 5) is 49.1. The highest BCUT2D eigenvalue weighted by molar-refractivity contribution is 5.80. The topological polar surface area (TPSA) is 96.0 Å². The van der Waals surface area contributed by atoms with Gasteiger partial charge in [-0.3, -0.25) is 9.59 Å². The van der Waals surface area contributed by atoms with Crippen LogP contribution in [0.15, 0.2) is 0 Å². The third-order valence-electron chi connectivity index (χ3n) is 11.9. The molecule has 0 spiro atoms. The summed E-state index contributed by atoms with van der Waals surface area (Å²) in [7, 11) is 0. The molecule has 10 atom stereocenters. The Hall–Kier alpha value is -2.76. The first-order valence-corrected chi connectivity index (χ1v) is 16.0. The van der Waals surface area contributed by atoms with E-state index in [2.05, 4.69) is 4.74 Å². The maximum Gasteiger partial charge on any atom is 0.490 e. The van der Waals surface area contributed by atoms with Crippen LogP contribution >= 0.6 is 0 Å². The van der Waals surface area contributed by atoms with Gasteiger partial charge in [0.25, 0.3) is 6.10 Å². The molecule has 4 aliphatic rings. The Balaban J connectivity index is 1.66. The smallest absolute Gasteiger partial charge is 0.451 e. The third kappa shape index (κ3) is 7.70. The van der Waals surface area contributed by atoms with Crippen molar-refractivity contribution in [1.82, 2.24) is 0 Å². The maximum absolute atomic E-state index is 13.6. The predicted molar refractivity (Wildman–Crippen MR) is 143 cm³/mol. The van der Waals surface area contributed by atoms with E-state index in [0.29, 0.717) is 12.8 Å². The van der Waals surface area contributed by atoms with Gasteiger partial charge < -0.3 is 14.2 Å². The number of hydrogen-bond acceptors (Lipinski definition) is 7.